The van der Waals surface area contributed by atoms with Crippen molar-refractivity contribution in [3.63, 3.8) is 0 Å². The van der Waals surface area contributed by atoms with Crippen molar-refractivity contribution in [2.75, 3.05) is 0 Å². The Labute approximate surface area is 126 Å². The van der Waals surface area contributed by atoms with Crippen molar-refractivity contribution < 1.29 is 8.78 Å². The van der Waals surface area contributed by atoms with Gasteiger partial charge in [0.15, 0.2) is 10.6 Å². The number of aromatic nitrogens is 2. The Hall–Kier alpha value is -2.01. The summed E-state index contributed by atoms with van der Waals surface area (Å²) in [7, 11) is 0. The van der Waals surface area contributed by atoms with E-state index < -0.39 is 11.6 Å². The number of benzene rings is 2. The van der Waals surface area contributed by atoms with Gasteiger partial charge in [0.05, 0.1) is 11.2 Å². The highest BCUT2D eigenvalue weighted by Gasteiger charge is 2.14. The van der Waals surface area contributed by atoms with E-state index in [1.807, 2.05) is 24.3 Å². The molecule has 3 aromatic rings. The van der Waals surface area contributed by atoms with Gasteiger partial charge in [-0.1, -0.05) is 31.5 Å². The molecule has 0 saturated heterocycles. The minimum atomic E-state index is -0.636. The maximum absolute atomic E-state index is 13.9. The highest BCUT2D eigenvalue weighted by atomic mass is 32.1. The predicted octanol–water partition coefficient (Wildman–Crippen LogP) is 4.92. The first-order valence-electron chi connectivity index (χ1n) is 6.80. The number of rotatable bonds is 3. The minimum absolute atomic E-state index is 0.229. The van der Waals surface area contributed by atoms with E-state index in [2.05, 4.69) is 11.9 Å². The molecule has 0 saturated carbocycles. The van der Waals surface area contributed by atoms with Crippen LogP contribution in [0.15, 0.2) is 36.4 Å². The third kappa shape index (κ3) is 2.38. The molecule has 2 aromatic carbocycles. The first kappa shape index (κ1) is 13.9. The van der Waals surface area contributed by atoms with Crippen LogP contribution < -0.4 is 0 Å². The van der Waals surface area contributed by atoms with Crippen LogP contribution in [0.4, 0.5) is 8.78 Å². The fourth-order valence-corrected chi connectivity index (χ4v) is 2.88. The summed E-state index contributed by atoms with van der Waals surface area (Å²) < 4.78 is 29.5. The number of imidazole rings is 1. The largest absolute Gasteiger partial charge is 0.328 e. The summed E-state index contributed by atoms with van der Waals surface area (Å²) >= 11 is 5.30. The lowest BCUT2D eigenvalue weighted by atomic mass is 10.1. The zero-order valence-corrected chi connectivity index (χ0v) is 12.3. The van der Waals surface area contributed by atoms with E-state index in [0.29, 0.717) is 10.3 Å². The second kappa shape index (κ2) is 5.41. The number of hydrogen-bond donors (Lipinski definition) is 1. The fraction of sp³-hybridized carbons (Fsp3) is 0.188. The summed E-state index contributed by atoms with van der Waals surface area (Å²) in [5, 5.41) is 0. The average molecular weight is 304 g/mol. The van der Waals surface area contributed by atoms with Crippen molar-refractivity contribution in [1.82, 2.24) is 9.55 Å². The van der Waals surface area contributed by atoms with Gasteiger partial charge in [0.25, 0.3) is 0 Å². The number of nitrogens with zero attached hydrogens (tertiary/aromatic N) is 1. The Balaban J connectivity index is 2.36. The lowest BCUT2D eigenvalue weighted by Crippen LogP contribution is -2.00. The van der Waals surface area contributed by atoms with Gasteiger partial charge in [-0.3, -0.25) is 4.57 Å². The van der Waals surface area contributed by atoms with E-state index in [1.165, 1.54) is 6.07 Å². The topological polar surface area (TPSA) is 20.7 Å². The number of nitrogens with one attached hydrogen (secondary N) is 1. The van der Waals surface area contributed by atoms with Gasteiger partial charge in [-0.05, 0) is 30.3 Å². The molecule has 0 aliphatic heterocycles. The zero-order chi connectivity index (χ0) is 15.0. The van der Waals surface area contributed by atoms with Crippen LogP contribution in [-0.4, -0.2) is 9.55 Å². The average Bonchev–Trinajstić information content (AvgIpc) is 2.77. The van der Waals surface area contributed by atoms with Gasteiger partial charge in [-0.25, -0.2) is 8.78 Å². The summed E-state index contributed by atoms with van der Waals surface area (Å²) in [5.41, 5.74) is 2.61. The molecule has 21 heavy (non-hydrogen) atoms. The molecule has 0 unspecified atom stereocenters. The summed E-state index contributed by atoms with van der Waals surface area (Å²) in [5.74, 6) is -1.25. The van der Waals surface area contributed by atoms with Crippen molar-refractivity contribution in [1.29, 1.82) is 0 Å². The zero-order valence-electron chi connectivity index (χ0n) is 11.5. The van der Waals surface area contributed by atoms with E-state index >= 15 is 0 Å². The molecule has 5 heteroatoms. The Bertz CT molecular complexity index is 864. The van der Waals surface area contributed by atoms with E-state index in [4.69, 9.17) is 12.2 Å². The Morgan fingerprint density at radius 2 is 1.95 bits per heavy atom. The smallest absolute Gasteiger partial charge is 0.182 e. The van der Waals surface area contributed by atoms with E-state index in [0.717, 1.165) is 30.2 Å². The highest BCUT2D eigenvalue weighted by Crippen LogP contribution is 2.25. The van der Waals surface area contributed by atoms with Crippen LogP contribution in [0.5, 0.6) is 0 Å². The van der Waals surface area contributed by atoms with Gasteiger partial charge in [0, 0.05) is 12.1 Å². The van der Waals surface area contributed by atoms with E-state index in [-0.39, 0.29) is 5.52 Å². The Morgan fingerprint density at radius 1 is 1.19 bits per heavy atom. The van der Waals surface area contributed by atoms with Crippen molar-refractivity contribution >= 4 is 23.3 Å². The van der Waals surface area contributed by atoms with Crippen LogP contribution in [0.3, 0.4) is 0 Å². The normalized spacial score (nSPS) is 11.2. The van der Waals surface area contributed by atoms with Gasteiger partial charge in [0.2, 0.25) is 0 Å². The summed E-state index contributed by atoms with van der Waals surface area (Å²) in [4.78, 5) is 2.83. The maximum atomic E-state index is 13.9. The molecule has 0 bridgehead atoms. The fourth-order valence-electron chi connectivity index (χ4n) is 2.58. The summed E-state index contributed by atoms with van der Waals surface area (Å²) in [6.07, 6.45) is 1.86. The lowest BCUT2D eigenvalue weighted by molar-refractivity contribution is 0.590. The minimum Gasteiger partial charge on any atom is -0.328 e. The molecule has 108 valence electrons. The first-order chi connectivity index (χ1) is 10.1. The van der Waals surface area contributed by atoms with Crippen molar-refractivity contribution in [3.05, 3.63) is 58.4 Å². The number of para-hydroxylation sites is 1. The molecule has 2 nitrogen and oxygen atoms in total. The van der Waals surface area contributed by atoms with Gasteiger partial charge in [0.1, 0.15) is 11.3 Å². The monoisotopic (exact) mass is 304 g/mol. The Morgan fingerprint density at radius 3 is 2.71 bits per heavy atom. The van der Waals surface area contributed by atoms with Crippen LogP contribution in [0.25, 0.3) is 16.7 Å². The molecule has 0 aliphatic rings. The van der Waals surface area contributed by atoms with Crippen LogP contribution in [0, 0.1) is 16.4 Å². The van der Waals surface area contributed by atoms with Crippen molar-refractivity contribution in [3.8, 4) is 5.69 Å². The number of H-pyrrole nitrogens is 1. The van der Waals surface area contributed by atoms with Crippen LogP contribution >= 0.6 is 12.2 Å². The van der Waals surface area contributed by atoms with E-state index in [1.54, 1.807) is 4.57 Å². The van der Waals surface area contributed by atoms with Crippen LogP contribution in [0.2, 0.25) is 0 Å². The third-order valence-corrected chi connectivity index (χ3v) is 3.75. The van der Waals surface area contributed by atoms with Crippen molar-refractivity contribution in [2.24, 2.45) is 0 Å². The molecular formula is C16H14F2N2S. The molecule has 1 N–H and O–H groups in total. The second-order valence-electron chi connectivity index (χ2n) is 4.93. The van der Waals surface area contributed by atoms with Gasteiger partial charge >= 0.3 is 0 Å². The first-order valence-corrected chi connectivity index (χ1v) is 7.20. The number of hydrogen-bond acceptors (Lipinski definition) is 1. The van der Waals surface area contributed by atoms with Crippen LogP contribution in [-0.2, 0) is 6.42 Å². The van der Waals surface area contributed by atoms with E-state index in [9.17, 15) is 8.78 Å². The third-order valence-electron chi connectivity index (χ3n) is 3.46. The number of fused-ring (bicyclic) bond motifs is 1. The number of aromatic amines is 1. The highest BCUT2D eigenvalue weighted by molar-refractivity contribution is 7.71. The van der Waals surface area contributed by atoms with Crippen LogP contribution in [0.1, 0.15) is 18.9 Å². The molecule has 0 radical (unpaired) electrons. The standard InChI is InChI=1S/C16H14F2N2S/c1-2-5-10-6-3-4-7-13(10)20-14-9-11(17)8-12(18)15(14)19-16(20)21/h3-4,6-9H,2,5H2,1H3,(H,19,21). The lowest BCUT2D eigenvalue weighted by Gasteiger charge is -2.10. The number of halogens is 2. The molecule has 0 aliphatic carbocycles. The molecule has 1 aromatic heterocycles. The van der Waals surface area contributed by atoms with Gasteiger partial charge in [-0.2, -0.15) is 0 Å². The van der Waals surface area contributed by atoms with Crippen molar-refractivity contribution in [2.45, 2.75) is 19.8 Å². The molecule has 0 atom stereocenters. The summed E-state index contributed by atoms with van der Waals surface area (Å²) in [6.45, 7) is 2.09. The molecule has 0 fully saturated rings. The molecule has 0 amide bonds. The maximum Gasteiger partial charge on any atom is 0.182 e. The predicted molar refractivity (Wildman–Crippen MR) is 82.4 cm³/mol. The SMILES string of the molecule is CCCc1ccccc1-n1c(=S)[nH]c2c(F)cc(F)cc21. The molecule has 3 rings (SSSR count). The molecule has 0 spiro atoms. The molecule has 1 heterocycles. The van der Waals surface area contributed by atoms with Gasteiger partial charge in [-0.15, -0.1) is 0 Å². The number of aryl methyl sites for hydroxylation is 1. The second-order valence-corrected chi connectivity index (χ2v) is 5.31. The molecular weight excluding hydrogens is 290 g/mol. The quantitative estimate of drug-likeness (QED) is 0.681. The Kier molecular flexibility index (Phi) is 3.59. The van der Waals surface area contributed by atoms with Gasteiger partial charge < -0.3 is 4.98 Å². The summed E-state index contributed by atoms with van der Waals surface area (Å²) in [6, 6.07) is 9.92.